The fraction of sp³-hybridized carbons (Fsp3) is 0.333. The van der Waals surface area contributed by atoms with Gasteiger partial charge in [0.1, 0.15) is 17.7 Å². The summed E-state index contributed by atoms with van der Waals surface area (Å²) in [6.07, 6.45) is 1.57. The van der Waals surface area contributed by atoms with Crippen LogP contribution in [-0.4, -0.2) is 28.9 Å². The number of oxazole rings is 1. The molecule has 8 heteroatoms. The lowest BCUT2D eigenvalue weighted by Gasteiger charge is -2.21. The molecule has 1 aliphatic rings. The van der Waals surface area contributed by atoms with Crippen LogP contribution in [0.4, 0.5) is 0 Å². The van der Waals surface area contributed by atoms with E-state index < -0.39 is 0 Å². The van der Waals surface area contributed by atoms with E-state index in [1.807, 2.05) is 20.0 Å². The number of fused-ring (bicyclic) bond motifs is 1. The highest BCUT2D eigenvalue weighted by molar-refractivity contribution is 6.33. The van der Waals surface area contributed by atoms with Crippen LogP contribution in [0.15, 0.2) is 33.4 Å². The van der Waals surface area contributed by atoms with E-state index in [1.165, 1.54) is 0 Å². The molecule has 0 bridgehead atoms. The quantitative estimate of drug-likeness (QED) is 0.661. The third-order valence-corrected chi connectivity index (χ3v) is 4.84. The Hall–Kier alpha value is -2.51. The summed E-state index contributed by atoms with van der Waals surface area (Å²) in [5, 5.41) is 4.50. The molecule has 26 heavy (non-hydrogen) atoms. The topological polar surface area (TPSA) is 73.8 Å². The Bertz CT molecular complexity index is 923. The lowest BCUT2D eigenvalue weighted by atomic mass is 10.2. The molecular formula is C18H18ClN3O4. The van der Waals surface area contributed by atoms with E-state index in [-0.39, 0.29) is 12.8 Å². The van der Waals surface area contributed by atoms with Crippen LogP contribution in [0, 0.1) is 6.92 Å². The molecule has 0 fully saturated rings. The van der Waals surface area contributed by atoms with Gasteiger partial charge in [0.2, 0.25) is 12.7 Å². The third-order valence-electron chi connectivity index (χ3n) is 4.53. The first kappa shape index (κ1) is 16.9. The van der Waals surface area contributed by atoms with Gasteiger partial charge in [-0.2, -0.15) is 0 Å². The van der Waals surface area contributed by atoms with E-state index in [2.05, 4.69) is 22.0 Å². The second-order valence-electron chi connectivity index (χ2n) is 6.22. The number of benzene rings is 1. The van der Waals surface area contributed by atoms with Gasteiger partial charge in [-0.15, -0.1) is 0 Å². The van der Waals surface area contributed by atoms with Crippen LogP contribution in [0.5, 0.6) is 11.5 Å². The summed E-state index contributed by atoms with van der Waals surface area (Å²) in [5.41, 5.74) is 2.39. The van der Waals surface area contributed by atoms with Crippen LogP contribution < -0.4 is 9.47 Å². The van der Waals surface area contributed by atoms with Gasteiger partial charge in [0.05, 0.1) is 22.3 Å². The number of hydrogen-bond acceptors (Lipinski definition) is 7. The summed E-state index contributed by atoms with van der Waals surface area (Å²) >= 11 is 6.36. The molecule has 7 nitrogen and oxygen atoms in total. The van der Waals surface area contributed by atoms with Crippen molar-refractivity contribution in [1.82, 2.24) is 15.0 Å². The SMILES string of the molecule is Cc1oc(-c2cc3c(cc2Cl)OCO3)nc1CN(C)C(C)c1ccon1. The van der Waals surface area contributed by atoms with Crippen molar-refractivity contribution < 1.29 is 18.4 Å². The number of rotatable bonds is 5. The van der Waals surface area contributed by atoms with Crippen molar-refractivity contribution in [3.8, 4) is 23.0 Å². The second-order valence-corrected chi connectivity index (χ2v) is 6.63. The maximum atomic E-state index is 6.36. The highest BCUT2D eigenvalue weighted by atomic mass is 35.5. The predicted molar refractivity (Wildman–Crippen MR) is 94.2 cm³/mol. The zero-order valence-corrected chi connectivity index (χ0v) is 15.4. The molecule has 4 rings (SSSR count). The van der Waals surface area contributed by atoms with Gasteiger partial charge in [-0.1, -0.05) is 16.8 Å². The average molecular weight is 376 g/mol. The van der Waals surface area contributed by atoms with Crippen molar-refractivity contribution >= 4 is 11.6 Å². The Labute approximate surface area is 155 Å². The Morgan fingerprint density at radius 2 is 2.04 bits per heavy atom. The number of ether oxygens (including phenoxy) is 2. The van der Waals surface area contributed by atoms with Gasteiger partial charge in [-0.05, 0) is 27.0 Å². The minimum atomic E-state index is 0.0856. The van der Waals surface area contributed by atoms with Crippen LogP contribution in [0.1, 0.15) is 30.1 Å². The first-order valence-corrected chi connectivity index (χ1v) is 8.57. The number of hydrogen-bond donors (Lipinski definition) is 0. The van der Waals surface area contributed by atoms with Gasteiger partial charge >= 0.3 is 0 Å². The Morgan fingerprint density at radius 3 is 2.77 bits per heavy atom. The van der Waals surface area contributed by atoms with Crippen molar-refractivity contribution in [2.45, 2.75) is 26.4 Å². The Balaban J connectivity index is 1.58. The van der Waals surface area contributed by atoms with Gasteiger partial charge in [0.25, 0.3) is 0 Å². The Kier molecular flexibility index (Phi) is 4.34. The largest absolute Gasteiger partial charge is 0.454 e. The lowest BCUT2D eigenvalue weighted by Crippen LogP contribution is -2.22. The molecule has 0 spiro atoms. The molecule has 0 radical (unpaired) electrons. The summed E-state index contributed by atoms with van der Waals surface area (Å²) in [5.74, 6) is 2.47. The van der Waals surface area contributed by atoms with Crippen molar-refractivity contribution in [1.29, 1.82) is 0 Å². The van der Waals surface area contributed by atoms with Crippen LogP contribution >= 0.6 is 11.6 Å². The maximum Gasteiger partial charge on any atom is 0.231 e. The first-order chi connectivity index (χ1) is 12.5. The van der Waals surface area contributed by atoms with E-state index in [1.54, 1.807) is 18.4 Å². The number of halogens is 1. The summed E-state index contributed by atoms with van der Waals surface area (Å²) in [6, 6.07) is 5.45. The average Bonchev–Trinajstić information content (AvgIpc) is 3.35. The fourth-order valence-electron chi connectivity index (χ4n) is 2.81. The van der Waals surface area contributed by atoms with Crippen molar-refractivity contribution in [2.24, 2.45) is 0 Å². The monoisotopic (exact) mass is 375 g/mol. The van der Waals surface area contributed by atoms with E-state index in [0.29, 0.717) is 34.5 Å². The van der Waals surface area contributed by atoms with Gasteiger partial charge in [0.15, 0.2) is 11.5 Å². The normalized spacial score (nSPS) is 14.2. The van der Waals surface area contributed by atoms with E-state index in [0.717, 1.165) is 17.1 Å². The van der Waals surface area contributed by atoms with Crippen LogP contribution in [-0.2, 0) is 6.54 Å². The molecule has 0 saturated carbocycles. The zero-order chi connectivity index (χ0) is 18.3. The molecule has 1 aliphatic heterocycles. The molecule has 1 unspecified atom stereocenters. The van der Waals surface area contributed by atoms with Gasteiger partial charge < -0.3 is 18.4 Å². The predicted octanol–water partition coefficient (Wildman–Crippen LogP) is 4.21. The van der Waals surface area contributed by atoms with Crippen LogP contribution in [0.2, 0.25) is 5.02 Å². The summed E-state index contributed by atoms with van der Waals surface area (Å²) < 4.78 is 21.5. The molecule has 0 aliphatic carbocycles. The summed E-state index contributed by atoms with van der Waals surface area (Å²) in [6.45, 7) is 4.74. The van der Waals surface area contributed by atoms with Crippen molar-refractivity contribution in [3.63, 3.8) is 0 Å². The molecule has 0 N–H and O–H groups in total. The highest BCUT2D eigenvalue weighted by Gasteiger charge is 2.22. The minimum absolute atomic E-state index is 0.0856. The van der Waals surface area contributed by atoms with Gasteiger partial charge in [-0.3, -0.25) is 4.90 Å². The smallest absolute Gasteiger partial charge is 0.231 e. The van der Waals surface area contributed by atoms with Gasteiger partial charge in [0, 0.05) is 18.7 Å². The number of aromatic nitrogens is 2. The fourth-order valence-corrected chi connectivity index (χ4v) is 3.04. The molecule has 3 heterocycles. The van der Waals surface area contributed by atoms with Crippen LogP contribution in [0.25, 0.3) is 11.5 Å². The molecule has 136 valence electrons. The van der Waals surface area contributed by atoms with Gasteiger partial charge in [-0.25, -0.2) is 4.98 Å². The standard InChI is InChI=1S/C18H18ClN3O4/c1-10(14-4-5-25-21-14)22(3)8-15-11(2)26-18(20-15)12-6-16-17(7-13(12)19)24-9-23-16/h4-7,10H,8-9H2,1-3H3. The second kappa shape index (κ2) is 6.66. The van der Waals surface area contributed by atoms with E-state index >= 15 is 0 Å². The summed E-state index contributed by atoms with van der Waals surface area (Å²) in [4.78, 5) is 6.76. The molecule has 3 aromatic rings. The van der Waals surface area contributed by atoms with E-state index in [9.17, 15) is 0 Å². The highest BCUT2D eigenvalue weighted by Crippen LogP contribution is 2.41. The first-order valence-electron chi connectivity index (χ1n) is 8.19. The van der Waals surface area contributed by atoms with E-state index in [4.69, 9.17) is 30.0 Å². The number of aryl methyl sites for hydroxylation is 1. The molecule has 1 atom stereocenters. The maximum absolute atomic E-state index is 6.36. The zero-order valence-electron chi connectivity index (χ0n) is 14.7. The van der Waals surface area contributed by atoms with Crippen molar-refractivity contribution in [3.05, 3.63) is 46.6 Å². The summed E-state index contributed by atoms with van der Waals surface area (Å²) in [7, 11) is 2.00. The Morgan fingerprint density at radius 1 is 1.27 bits per heavy atom. The molecule has 0 amide bonds. The molecule has 1 aromatic carbocycles. The third kappa shape index (κ3) is 3.04. The molecule has 0 saturated heterocycles. The van der Waals surface area contributed by atoms with Crippen molar-refractivity contribution in [2.75, 3.05) is 13.8 Å². The number of nitrogens with zero attached hydrogens (tertiary/aromatic N) is 3. The van der Waals surface area contributed by atoms with Crippen LogP contribution in [0.3, 0.4) is 0 Å². The lowest BCUT2D eigenvalue weighted by molar-refractivity contribution is 0.174. The molecule has 2 aromatic heterocycles. The molecular weight excluding hydrogens is 358 g/mol. The minimum Gasteiger partial charge on any atom is -0.454 e.